The molecular formula is C25H33N3O2. The summed E-state index contributed by atoms with van der Waals surface area (Å²) in [5, 5.41) is 5.99. The van der Waals surface area contributed by atoms with Crippen molar-refractivity contribution in [2.45, 2.75) is 38.1 Å². The van der Waals surface area contributed by atoms with Crippen LogP contribution in [-0.4, -0.2) is 49.9 Å². The number of benzene rings is 2. The second-order valence-electron chi connectivity index (χ2n) is 8.66. The molecule has 1 saturated carbocycles. The molecular weight excluding hydrogens is 374 g/mol. The average molecular weight is 408 g/mol. The van der Waals surface area contributed by atoms with Gasteiger partial charge >= 0.3 is 0 Å². The molecule has 1 fully saturated rings. The van der Waals surface area contributed by atoms with Gasteiger partial charge < -0.3 is 15.5 Å². The highest BCUT2D eigenvalue weighted by Gasteiger charge is 2.55. The fourth-order valence-electron chi connectivity index (χ4n) is 3.99. The number of likely N-dealkylation sites (N-methyl/N-ethyl adjacent to an activating group) is 1. The van der Waals surface area contributed by atoms with Gasteiger partial charge in [-0.2, -0.15) is 0 Å². The quantitative estimate of drug-likeness (QED) is 0.672. The van der Waals surface area contributed by atoms with E-state index in [-0.39, 0.29) is 29.2 Å². The van der Waals surface area contributed by atoms with Gasteiger partial charge in [-0.05, 0) is 57.1 Å². The third-order valence-electron chi connectivity index (χ3n) is 6.25. The summed E-state index contributed by atoms with van der Waals surface area (Å²) >= 11 is 0. The van der Waals surface area contributed by atoms with Crippen LogP contribution in [0.5, 0.6) is 0 Å². The first-order valence-corrected chi connectivity index (χ1v) is 10.7. The van der Waals surface area contributed by atoms with Crippen molar-refractivity contribution in [3.63, 3.8) is 0 Å². The molecule has 0 aliphatic heterocycles. The van der Waals surface area contributed by atoms with Crippen molar-refractivity contribution in [3.05, 3.63) is 71.3 Å². The Morgan fingerprint density at radius 3 is 2.33 bits per heavy atom. The van der Waals surface area contributed by atoms with E-state index in [0.717, 1.165) is 18.4 Å². The maximum Gasteiger partial charge on any atom is 0.251 e. The second kappa shape index (κ2) is 9.43. The third kappa shape index (κ3) is 5.08. The Balaban J connectivity index is 1.55. The molecule has 0 unspecified atom stereocenters. The van der Waals surface area contributed by atoms with Gasteiger partial charge in [-0.1, -0.05) is 49.4 Å². The summed E-state index contributed by atoms with van der Waals surface area (Å²) in [5.74, 6) is 0.130. The molecule has 0 spiro atoms. The molecule has 2 amide bonds. The van der Waals surface area contributed by atoms with E-state index in [9.17, 15) is 9.59 Å². The van der Waals surface area contributed by atoms with Gasteiger partial charge in [-0.25, -0.2) is 0 Å². The molecule has 2 N–H and O–H groups in total. The highest BCUT2D eigenvalue weighted by Crippen LogP contribution is 2.53. The normalized spacial score (nSPS) is 21.2. The minimum atomic E-state index is -0.0497. The molecule has 3 atom stereocenters. The van der Waals surface area contributed by atoms with Crippen LogP contribution >= 0.6 is 0 Å². The molecule has 3 rings (SSSR count). The van der Waals surface area contributed by atoms with Gasteiger partial charge in [0.25, 0.3) is 5.91 Å². The molecule has 0 aromatic heterocycles. The van der Waals surface area contributed by atoms with Crippen molar-refractivity contribution in [2.24, 2.45) is 5.92 Å². The summed E-state index contributed by atoms with van der Waals surface area (Å²) in [7, 11) is 4.07. The van der Waals surface area contributed by atoms with Crippen LogP contribution in [0.15, 0.2) is 54.6 Å². The van der Waals surface area contributed by atoms with E-state index in [2.05, 4.69) is 34.6 Å². The Kier molecular flexibility index (Phi) is 6.93. The summed E-state index contributed by atoms with van der Waals surface area (Å²) in [6.07, 6.45) is 1.71. The van der Waals surface area contributed by atoms with Crippen molar-refractivity contribution in [1.82, 2.24) is 15.5 Å². The number of nitrogens with zero attached hydrogens (tertiary/aromatic N) is 1. The predicted molar refractivity (Wildman–Crippen MR) is 121 cm³/mol. The Labute approximate surface area is 179 Å². The fourth-order valence-corrected chi connectivity index (χ4v) is 3.99. The van der Waals surface area contributed by atoms with E-state index in [4.69, 9.17) is 0 Å². The Bertz CT molecular complexity index is 864. The SMILES string of the molecule is CCNC(=O)c1ccc(C[C@@H](CNC(=O)[C@@H]2C[C@]2(C)c2ccccc2)N(C)C)cc1. The fraction of sp³-hybridized carbons (Fsp3) is 0.440. The number of rotatable bonds is 9. The van der Waals surface area contributed by atoms with E-state index in [1.807, 2.05) is 63.5 Å². The summed E-state index contributed by atoms with van der Waals surface area (Å²) in [4.78, 5) is 26.8. The first-order chi connectivity index (χ1) is 14.3. The maximum absolute atomic E-state index is 12.8. The Hall–Kier alpha value is -2.66. The summed E-state index contributed by atoms with van der Waals surface area (Å²) in [6.45, 7) is 5.30. The molecule has 0 radical (unpaired) electrons. The monoisotopic (exact) mass is 407 g/mol. The number of amides is 2. The van der Waals surface area contributed by atoms with Gasteiger partial charge in [0.15, 0.2) is 0 Å². The minimum Gasteiger partial charge on any atom is -0.354 e. The smallest absolute Gasteiger partial charge is 0.251 e. The van der Waals surface area contributed by atoms with Crippen molar-refractivity contribution >= 4 is 11.8 Å². The molecule has 0 heterocycles. The van der Waals surface area contributed by atoms with Crippen LogP contribution in [-0.2, 0) is 16.6 Å². The van der Waals surface area contributed by atoms with Crippen molar-refractivity contribution in [2.75, 3.05) is 27.2 Å². The molecule has 2 aromatic carbocycles. The topological polar surface area (TPSA) is 61.4 Å². The van der Waals surface area contributed by atoms with E-state index in [1.165, 1.54) is 5.56 Å². The lowest BCUT2D eigenvalue weighted by Crippen LogP contribution is -2.42. The van der Waals surface area contributed by atoms with Gasteiger partial charge in [0.1, 0.15) is 0 Å². The van der Waals surface area contributed by atoms with Crippen LogP contribution in [0.3, 0.4) is 0 Å². The first-order valence-electron chi connectivity index (χ1n) is 10.7. The maximum atomic E-state index is 12.8. The summed E-state index contributed by atoms with van der Waals surface area (Å²) in [6, 6.07) is 18.2. The molecule has 1 aliphatic rings. The molecule has 0 saturated heterocycles. The zero-order valence-electron chi connectivity index (χ0n) is 18.4. The molecule has 1 aliphatic carbocycles. The van der Waals surface area contributed by atoms with Crippen LogP contribution in [0.2, 0.25) is 0 Å². The van der Waals surface area contributed by atoms with Crippen LogP contribution in [0.4, 0.5) is 0 Å². The first kappa shape index (κ1) is 22.0. The van der Waals surface area contributed by atoms with Gasteiger partial charge in [-0.15, -0.1) is 0 Å². The Morgan fingerprint density at radius 1 is 1.07 bits per heavy atom. The second-order valence-corrected chi connectivity index (χ2v) is 8.66. The number of hydrogen-bond donors (Lipinski definition) is 2. The van der Waals surface area contributed by atoms with Crippen molar-refractivity contribution in [1.29, 1.82) is 0 Å². The highest BCUT2D eigenvalue weighted by molar-refractivity contribution is 5.94. The molecule has 5 nitrogen and oxygen atoms in total. The van der Waals surface area contributed by atoms with Crippen LogP contribution in [0.1, 0.15) is 41.8 Å². The lowest BCUT2D eigenvalue weighted by molar-refractivity contribution is -0.122. The summed E-state index contributed by atoms with van der Waals surface area (Å²) < 4.78 is 0. The lowest BCUT2D eigenvalue weighted by atomic mass is 9.95. The Morgan fingerprint density at radius 2 is 1.73 bits per heavy atom. The third-order valence-corrected chi connectivity index (χ3v) is 6.25. The number of nitrogens with one attached hydrogen (secondary N) is 2. The summed E-state index contributed by atoms with van der Waals surface area (Å²) in [5.41, 5.74) is 3.01. The number of carbonyl (C=O) groups is 2. The van der Waals surface area contributed by atoms with E-state index in [1.54, 1.807) is 0 Å². The van der Waals surface area contributed by atoms with Crippen molar-refractivity contribution in [3.8, 4) is 0 Å². The predicted octanol–water partition coefficient (Wildman–Crippen LogP) is 3.00. The standard InChI is InChI=1S/C25H33N3O2/c1-5-26-23(29)19-13-11-18(12-14-19)15-21(28(3)4)17-27-24(30)22-16-25(22,2)20-9-7-6-8-10-20/h6-14,21-22H,5,15-17H2,1-4H3,(H,26,29)(H,27,30)/t21-,22-,25+/m0/s1. The highest BCUT2D eigenvalue weighted by atomic mass is 16.2. The largest absolute Gasteiger partial charge is 0.354 e. The van der Waals surface area contributed by atoms with Gasteiger partial charge in [0, 0.05) is 36.0 Å². The zero-order chi connectivity index (χ0) is 21.7. The molecule has 2 aromatic rings. The van der Waals surface area contributed by atoms with E-state index >= 15 is 0 Å². The number of carbonyl (C=O) groups excluding carboxylic acids is 2. The van der Waals surface area contributed by atoms with Gasteiger partial charge in [-0.3, -0.25) is 9.59 Å². The van der Waals surface area contributed by atoms with Crippen molar-refractivity contribution < 1.29 is 9.59 Å². The molecule has 0 bridgehead atoms. The average Bonchev–Trinajstić information content (AvgIpc) is 3.45. The number of hydrogen-bond acceptors (Lipinski definition) is 3. The van der Waals surface area contributed by atoms with Gasteiger partial charge in [0.2, 0.25) is 5.91 Å². The van der Waals surface area contributed by atoms with E-state index in [0.29, 0.717) is 18.7 Å². The van der Waals surface area contributed by atoms with Crippen LogP contribution in [0, 0.1) is 5.92 Å². The zero-order valence-corrected chi connectivity index (χ0v) is 18.4. The molecule has 30 heavy (non-hydrogen) atoms. The lowest BCUT2D eigenvalue weighted by Gasteiger charge is -2.25. The van der Waals surface area contributed by atoms with Crippen LogP contribution in [0.25, 0.3) is 0 Å². The van der Waals surface area contributed by atoms with E-state index < -0.39 is 0 Å². The van der Waals surface area contributed by atoms with Crippen LogP contribution < -0.4 is 10.6 Å². The molecule has 5 heteroatoms. The molecule has 160 valence electrons. The van der Waals surface area contributed by atoms with Gasteiger partial charge in [0.05, 0.1) is 0 Å². The minimum absolute atomic E-state index is 0.0408.